The van der Waals surface area contributed by atoms with Gasteiger partial charge in [0.05, 0.1) is 6.20 Å². The van der Waals surface area contributed by atoms with Gasteiger partial charge >= 0.3 is 0 Å². The molecule has 1 aliphatic carbocycles. The SMILES string of the molecule is O=S(=O)(NC1CCCCC1)c1cncc(O)c1. The average molecular weight is 256 g/mol. The van der Waals surface area contributed by atoms with Crippen molar-refractivity contribution < 1.29 is 13.5 Å². The van der Waals surface area contributed by atoms with Crippen molar-refractivity contribution in [3.63, 3.8) is 0 Å². The maximum Gasteiger partial charge on any atom is 0.242 e. The number of aromatic nitrogens is 1. The summed E-state index contributed by atoms with van der Waals surface area (Å²) in [5.41, 5.74) is 0. The van der Waals surface area contributed by atoms with Crippen LogP contribution < -0.4 is 4.72 Å². The molecule has 2 N–H and O–H groups in total. The zero-order valence-corrected chi connectivity index (χ0v) is 10.3. The van der Waals surface area contributed by atoms with Crippen LogP contribution in [0.25, 0.3) is 0 Å². The van der Waals surface area contributed by atoms with Gasteiger partial charge in [-0.3, -0.25) is 4.98 Å². The molecular weight excluding hydrogens is 240 g/mol. The first kappa shape index (κ1) is 12.3. The van der Waals surface area contributed by atoms with E-state index in [9.17, 15) is 13.5 Å². The Balaban J connectivity index is 2.13. The lowest BCUT2D eigenvalue weighted by molar-refractivity contribution is 0.411. The molecule has 0 unspecified atom stereocenters. The Morgan fingerprint density at radius 1 is 1.24 bits per heavy atom. The third-order valence-electron chi connectivity index (χ3n) is 2.94. The standard InChI is InChI=1S/C11H16N2O3S/c14-10-6-11(8-12-7-10)17(15,16)13-9-4-2-1-3-5-9/h6-9,13-14H,1-5H2. The number of hydrogen-bond acceptors (Lipinski definition) is 4. The minimum Gasteiger partial charge on any atom is -0.506 e. The smallest absolute Gasteiger partial charge is 0.242 e. The minimum atomic E-state index is -3.55. The molecule has 0 bridgehead atoms. The maximum absolute atomic E-state index is 12.0. The van der Waals surface area contributed by atoms with Crippen molar-refractivity contribution in [3.8, 4) is 5.75 Å². The Kier molecular flexibility index (Phi) is 3.63. The highest BCUT2D eigenvalue weighted by Crippen LogP contribution is 2.20. The number of rotatable bonds is 3. The molecule has 6 heteroatoms. The van der Waals surface area contributed by atoms with E-state index in [2.05, 4.69) is 9.71 Å². The molecule has 5 nitrogen and oxygen atoms in total. The minimum absolute atomic E-state index is 0.0103. The Bertz CT molecular complexity index is 481. The van der Waals surface area contributed by atoms with Crippen molar-refractivity contribution in [2.45, 2.75) is 43.0 Å². The predicted molar refractivity (Wildman–Crippen MR) is 63.1 cm³/mol. The van der Waals surface area contributed by atoms with Crippen LogP contribution >= 0.6 is 0 Å². The molecule has 17 heavy (non-hydrogen) atoms. The Morgan fingerprint density at radius 3 is 2.59 bits per heavy atom. The Morgan fingerprint density at radius 2 is 1.94 bits per heavy atom. The summed E-state index contributed by atoms with van der Waals surface area (Å²) in [7, 11) is -3.55. The summed E-state index contributed by atoms with van der Waals surface area (Å²) in [5, 5.41) is 9.23. The first-order valence-corrected chi connectivity index (χ1v) is 7.22. The van der Waals surface area contributed by atoms with Crippen molar-refractivity contribution in [1.82, 2.24) is 9.71 Å². The molecular formula is C11H16N2O3S. The summed E-state index contributed by atoms with van der Waals surface area (Å²) in [6.07, 6.45) is 7.50. The molecule has 0 amide bonds. The number of aromatic hydroxyl groups is 1. The highest BCUT2D eigenvalue weighted by atomic mass is 32.2. The molecule has 0 radical (unpaired) electrons. The van der Waals surface area contributed by atoms with E-state index < -0.39 is 10.0 Å². The zero-order valence-electron chi connectivity index (χ0n) is 9.46. The van der Waals surface area contributed by atoms with Crippen LogP contribution in [0, 0.1) is 0 Å². The lowest BCUT2D eigenvalue weighted by Gasteiger charge is -2.22. The van der Waals surface area contributed by atoms with Crippen molar-refractivity contribution >= 4 is 10.0 Å². The Labute approximate surface area is 101 Å². The lowest BCUT2D eigenvalue weighted by Crippen LogP contribution is -2.36. The third kappa shape index (κ3) is 3.17. The molecule has 0 spiro atoms. The fraction of sp³-hybridized carbons (Fsp3) is 0.545. The van der Waals surface area contributed by atoms with E-state index in [-0.39, 0.29) is 16.7 Å². The molecule has 0 aromatic carbocycles. The van der Waals surface area contributed by atoms with Crippen LogP contribution in [0.3, 0.4) is 0 Å². The van der Waals surface area contributed by atoms with E-state index in [1.807, 2.05) is 0 Å². The van der Waals surface area contributed by atoms with Gasteiger partial charge in [0.25, 0.3) is 0 Å². The van der Waals surface area contributed by atoms with E-state index in [0.29, 0.717) is 0 Å². The van der Waals surface area contributed by atoms with E-state index in [1.54, 1.807) is 0 Å². The van der Waals surface area contributed by atoms with Gasteiger partial charge in [-0.1, -0.05) is 19.3 Å². The monoisotopic (exact) mass is 256 g/mol. The highest BCUT2D eigenvalue weighted by molar-refractivity contribution is 7.89. The molecule has 1 fully saturated rings. The maximum atomic E-state index is 12.0. The molecule has 2 rings (SSSR count). The molecule has 1 aliphatic rings. The molecule has 94 valence electrons. The van der Waals surface area contributed by atoms with Crippen LogP contribution in [-0.4, -0.2) is 24.6 Å². The van der Waals surface area contributed by atoms with Crippen LogP contribution in [0.4, 0.5) is 0 Å². The Hall–Kier alpha value is -1.14. The van der Waals surface area contributed by atoms with Crippen molar-refractivity contribution in [1.29, 1.82) is 0 Å². The van der Waals surface area contributed by atoms with Gasteiger partial charge in [-0.15, -0.1) is 0 Å². The summed E-state index contributed by atoms with van der Waals surface area (Å²) in [6, 6.07) is 1.22. The van der Waals surface area contributed by atoms with Crippen molar-refractivity contribution in [3.05, 3.63) is 18.5 Å². The second-order valence-electron chi connectivity index (χ2n) is 4.34. The summed E-state index contributed by atoms with van der Waals surface area (Å²) >= 11 is 0. The van der Waals surface area contributed by atoms with Gasteiger partial charge in [0, 0.05) is 18.3 Å². The number of nitrogens with one attached hydrogen (secondary N) is 1. The number of sulfonamides is 1. The van der Waals surface area contributed by atoms with Crippen LogP contribution in [0.15, 0.2) is 23.4 Å². The van der Waals surface area contributed by atoms with Crippen LogP contribution in [-0.2, 0) is 10.0 Å². The molecule has 1 heterocycles. The van der Waals surface area contributed by atoms with Gasteiger partial charge in [-0.2, -0.15) is 0 Å². The molecule has 0 saturated heterocycles. The fourth-order valence-corrected chi connectivity index (χ4v) is 3.35. The fourth-order valence-electron chi connectivity index (χ4n) is 2.06. The summed E-state index contributed by atoms with van der Waals surface area (Å²) < 4.78 is 26.6. The van der Waals surface area contributed by atoms with Crippen LogP contribution in [0.2, 0.25) is 0 Å². The number of hydrogen-bond donors (Lipinski definition) is 2. The predicted octanol–water partition coefficient (Wildman–Crippen LogP) is 1.40. The van der Waals surface area contributed by atoms with Crippen LogP contribution in [0.5, 0.6) is 5.75 Å². The molecule has 1 saturated carbocycles. The van der Waals surface area contributed by atoms with E-state index in [0.717, 1.165) is 25.7 Å². The number of pyridine rings is 1. The normalized spacial score (nSPS) is 18.1. The molecule has 0 atom stereocenters. The first-order chi connectivity index (χ1) is 8.08. The third-order valence-corrected chi connectivity index (χ3v) is 4.42. The van der Waals surface area contributed by atoms with Crippen LogP contribution in [0.1, 0.15) is 32.1 Å². The topological polar surface area (TPSA) is 79.3 Å². The van der Waals surface area contributed by atoms with Gasteiger partial charge < -0.3 is 5.11 Å². The van der Waals surface area contributed by atoms with Crippen molar-refractivity contribution in [2.24, 2.45) is 0 Å². The molecule has 1 aromatic rings. The van der Waals surface area contributed by atoms with Gasteiger partial charge in [0.1, 0.15) is 10.6 Å². The molecule has 1 aromatic heterocycles. The van der Waals surface area contributed by atoms with Crippen molar-refractivity contribution in [2.75, 3.05) is 0 Å². The van der Waals surface area contributed by atoms with Gasteiger partial charge in [0.15, 0.2) is 0 Å². The zero-order chi connectivity index (χ0) is 12.3. The highest BCUT2D eigenvalue weighted by Gasteiger charge is 2.22. The second kappa shape index (κ2) is 5.01. The second-order valence-corrected chi connectivity index (χ2v) is 6.05. The van der Waals surface area contributed by atoms with Gasteiger partial charge in [-0.25, -0.2) is 13.1 Å². The van der Waals surface area contributed by atoms with Gasteiger partial charge in [-0.05, 0) is 12.8 Å². The number of nitrogens with zero attached hydrogens (tertiary/aromatic N) is 1. The lowest BCUT2D eigenvalue weighted by atomic mass is 9.96. The van der Waals surface area contributed by atoms with E-state index in [1.165, 1.54) is 24.9 Å². The first-order valence-electron chi connectivity index (χ1n) is 5.74. The quantitative estimate of drug-likeness (QED) is 0.856. The van der Waals surface area contributed by atoms with E-state index in [4.69, 9.17) is 0 Å². The summed E-state index contributed by atoms with van der Waals surface area (Å²) in [5.74, 6) is -0.142. The average Bonchev–Trinajstić information content (AvgIpc) is 2.30. The molecule has 0 aliphatic heterocycles. The van der Waals surface area contributed by atoms with E-state index >= 15 is 0 Å². The van der Waals surface area contributed by atoms with Gasteiger partial charge in [0.2, 0.25) is 10.0 Å². The summed E-state index contributed by atoms with van der Waals surface area (Å²) in [6.45, 7) is 0. The largest absolute Gasteiger partial charge is 0.506 e. The summed E-state index contributed by atoms with van der Waals surface area (Å²) in [4.78, 5) is 3.69.